The third-order valence-corrected chi connectivity index (χ3v) is 3.81. The van der Waals surface area contributed by atoms with E-state index in [1.54, 1.807) is 0 Å². The Hall–Kier alpha value is -1.35. The van der Waals surface area contributed by atoms with Gasteiger partial charge in [0.1, 0.15) is 0 Å². The molecule has 20 heavy (non-hydrogen) atoms. The van der Waals surface area contributed by atoms with E-state index in [2.05, 4.69) is 31.3 Å². The van der Waals surface area contributed by atoms with Gasteiger partial charge >= 0.3 is 0 Å². The molecule has 0 aliphatic heterocycles. The molecular formula is C17H20ClNO. The standard InChI is InChI=1S/C17H20ClNO/c1-12-5-3-4-6-16(12)13(2)19-17(11-20)14-7-9-15(18)10-8-14/h3-10,13,17,19-20H,11H2,1-2H3. The monoisotopic (exact) mass is 289 g/mol. The molecule has 2 rings (SSSR count). The average Bonchev–Trinajstić information content (AvgIpc) is 2.46. The van der Waals surface area contributed by atoms with Crippen molar-refractivity contribution >= 4 is 11.6 Å². The van der Waals surface area contributed by atoms with Gasteiger partial charge in [-0.1, -0.05) is 48.0 Å². The van der Waals surface area contributed by atoms with Crippen LogP contribution in [0.2, 0.25) is 5.02 Å². The van der Waals surface area contributed by atoms with Crippen LogP contribution in [0.15, 0.2) is 48.5 Å². The minimum atomic E-state index is -0.0955. The molecule has 0 spiro atoms. The number of aliphatic hydroxyl groups is 1. The van der Waals surface area contributed by atoms with Crippen molar-refractivity contribution in [3.8, 4) is 0 Å². The van der Waals surface area contributed by atoms with E-state index in [4.69, 9.17) is 11.6 Å². The Balaban J connectivity index is 2.14. The van der Waals surface area contributed by atoms with Crippen LogP contribution in [0.1, 0.15) is 35.7 Å². The maximum Gasteiger partial charge on any atom is 0.0626 e. The summed E-state index contributed by atoms with van der Waals surface area (Å²) in [5, 5.41) is 13.8. The highest BCUT2D eigenvalue weighted by molar-refractivity contribution is 6.30. The van der Waals surface area contributed by atoms with Crippen molar-refractivity contribution in [2.45, 2.75) is 25.9 Å². The second kappa shape index (κ2) is 6.89. The lowest BCUT2D eigenvalue weighted by Gasteiger charge is -2.23. The summed E-state index contributed by atoms with van der Waals surface area (Å²) in [6.07, 6.45) is 0. The number of nitrogens with one attached hydrogen (secondary N) is 1. The zero-order chi connectivity index (χ0) is 14.5. The molecule has 0 bridgehead atoms. The molecule has 0 amide bonds. The summed E-state index contributed by atoms with van der Waals surface area (Å²) in [5.74, 6) is 0. The van der Waals surface area contributed by atoms with Gasteiger partial charge in [0.05, 0.1) is 12.6 Å². The van der Waals surface area contributed by atoms with Gasteiger partial charge in [0.25, 0.3) is 0 Å². The van der Waals surface area contributed by atoms with Gasteiger partial charge < -0.3 is 10.4 Å². The molecule has 0 aliphatic carbocycles. The van der Waals surface area contributed by atoms with Crippen LogP contribution in [0.25, 0.3) is 0 Å². The molecule has 2 N–H and O–H groups in total. The molecule has 0 heterocycles. The lowest BCUT2D eigenvalue weighted by atomic mass is 10.0. The molecule has 0 aromatic heterocycles. The summed E-state index contributed by atoms with van der Waals surface area (Å²) in [6, 6.07) is 15.9. The largest absolute Gasteiger partial charge is 0.394 e. The lowest BCUT2D eigenvalue weighted by Crippen LogP contribution is -2.27. The molecule has 0 radical (unpaired) electrons. The number of hydrogen-bond acceptors (Lipinski definition) is 2. The summed E-state index contributed by atoms with van der Waals surface area (Å²) in [4.78, 5) is 0. The van der Waals surface area contributed by atoms with Crippen LogP contribution in [0.5, 0.6) is 0 Å². The molecule has 0 fully saturated rings. The van der Waals surface area contributed by atoms with E-state index in [0.29, 0.717) is 5.02 Å². The Morgan fingerprint density at radius 3 is 2.35 bits per heavy atom. The molecule has 2 aromatic rings. The first-order valence-corrected chi connectivity index (χ1v) is 7.17. The SMILES string of the molecule is Cc1ccccc1C(C)NC(CO)c1ccc(Cl)cc1. The molecule has 2 unspecified atom stereocenters. The molecule has 3 heteroatoms. The topological polar surface area (TPSA) is 32.3 Å². The van der Waals surface area contributed by atoms with Crippen molar-refractivity contribution in [1.29, 1.82) is 0 Å². The number of benzene rings is 2. The average molecular weight is 290 g/mol. The van der Waals surface area contributed by atoms with Crippen LogP contribution in [0.4, 0.5) is 0 Å². The van der Waals surface area contributed by atoms with Crippen LogP contribution < -0.4 is 5.32 Å². The van der Waals surface area contributed by atoms with E-state index in [-0.39, 0.29) is 18.7 Å². The maximum absolute atomic E-state index is 9.62. The van der Waals surface area contributed by atoms with Gasteiger partial charge in [-0.15, -0.1) is 0 Å². The van der Waals surface area contributed by atoms with Crippen LogP contribution in [-0.4, -0.2) is 11.7 Å². The molecule has 2 nitrogen and oxygen atoms in total. The van der Waals surface area contributed by atoms with E-state index in [1.165, 1.54) is 11.1 Å². The Morgan fingerprint density at radius 1 is 1.10 bits per heavy atom. The summed E-state index contributed by atoms with van der Waals surface area (Å²) in [5.41, 5.74) is 3.54. The Kier molecular flexibility index (Phi) is 5.18. The van der Waals surface area contributed by atoms with Crippen molar-refractivity contribution < 1.29 is 5.11 Å². The van der Waals surface area contributed by atoms with Crippen LogP contribution in [0, 0.1) is 6.92 Å². The highest BCUT2D eigenvalue weighted by Crippen LogP contribution is 2.22. The molecule has 0 saturated heterocycles. The van der Waals surface area contributed by atoms with Crippen molar-refractivity contribution in [3.05, 3.63) is 70.2 Å². The summed E-state index contributed by atoms with van der Waals surface area (Å²) in [7, 11) is 0. The summed E-state index contributed by atoms with van der Waals surface area (Å²) >= 11 is 5.90. The fourth-order valence-electron chi connectivity index (χ4n) is 2.41. The molecule has 0 saturated carbocycles. The zero-order valence-electron chi connectivity index (χ0n) is 11.8. The first-order chi connectivity index (χ1) is 9.61. The summed E-state index contributed by atoms with van der Waals surface area (Å²) < 4.78 is 0. The first-order valence-electron chi connectivity index (χ1n) is 6.79. The molecule has 106 valence electrons. The number of halogens is 1. The predicted molar refractivity (Wildman–Crippen MR) is 84.0 cm³/mol. The molecule has 2 atom stereocenters. The maximum atomic E-state index is 9.62. The Bertz CT molecular complexity index is 553. The van der Waals surface area contributed by atoms with Gasteiger partial charge in [-0.25, -0.2) is 0 Å². The van der Waals surface area contributed by atoms with Crippen molar-refractivity contribution in [2.75, 3.05) is 6.61 Å². The molecule has 0 aliphatic rings. The van der Waals surface area contributed by atoms with Crippen LogP contribution >= 0.6 is 11.6 Å². The smallest absolute Gasteiger partial charge is 0.0626 e. The highest BCUT2D eigenvalue weighted by atomic mass is 35.5. The van der Waals surface area contributed by atoms with Crippen molar-refractivity contribution in [1.82, 2.24) is 5.32 Å². The normalized spacial score (nSPS) is 14.0. The third-order valence-electron chi connectivity index (χ3n) is 3.56. The van der Waals surface area contributed by atoms with E-state index in [1.807, 2.05) is 36.4 Å². The van der Waals surface area contributed by atoms with Gasteiger partial charge in [0.15, 0.2) is 0 Å². The second-order valence-electron chi connectivity index (χ2n) is 5.03. The quantitative estimate of drug-likeness (QED) is 0.871. The number of rotatable bonds is 5. The van der Waals surface area contributed by atoms with E-state index in [9.17, 15) is 5.11 Å². The van der Waals surface area contributed by atoms with Gasteiger partial charge in [-0.3, -0.25) is 0 Å². The third kappa shape index (κ3) is 3.60. The molecule has 2 aromatic carbocycles. The Morgan fingerprint density at radius 2 is 1.75 bits per heavy atom. The number of aliphatic hydroxyl groups excluding tert-OH is 1. The number of hydrogen-bond donors (Lipinski definition) is 2. The number of aryl methyl sites for hydroxylation is 1. The predicted octanol–water partition coefficient (Wildman–Crippen LogP) is 4.03. The fraction of sp³-hybridized carbons (Fsp3) is 0.294. The van der Waals surface area contributed by atoms with Crippen molar-refractivity contribution in [2.24, 2.45) is 0 Å². The van der Waals surface area contributed by atoms with Gasteiger partial charge in [-0.2, -0.15) is 0 Å². The van der Waals surface area contributed by atoms with Crippen molar-refractivity contribution in [3.63, 3.8) is 0 Å². The van der Waals surface area contributed by atoms with Gasteiger partial charge in [-0.05, 0) is 42.7 Å². The van der Waals surface area contributed by atoms with E-state index in [0.717, 1.165) is 5.56 Å². The fourth-order valence-corrected chi connectivity index (χ4v) is 2.54. The van der Waals surface area contributed by atoms with E-state index >= 15 is 0 Å². The van der Waals surface area contributed by atoms with Gasteiger partial charge in [0.2, 0.25) is 0 Å². The van der Waals surface area contributed by atoms with Crippen LogP contribution in [0.3, 0.4) is 0 Å². The minimum absolute atomic E-state index is 0.0534. The lowest BCUT2D eigenvalue weighted by molar-refractivity contribution is 0.235. The second-order valence-corrected chi connectivity index (χ2v) is 5.47. The molecular weight excluding hydrogens is 270 g/mol. The van der Waals surface area contributed by atoms with Gasteiger partial charge in [0, 0.05) is 11.1 Å². The van der Waals surface area contributed by atoms with Crippen LogP contribution in [-0.2, 0) is 0 Å². The highest BCUT2D eigenvalue weighted by Gasteiger charge is 2.15. The Labute approximate surface area is 125 Å². The minimum Gasteiger partial charge on any atom is -0.394 e. The first kappa shape index (κ1) is 15.0. The zero-order valence-corrected chi connectivity index (χ0v) is 12.6. The van der Waals surface area contributed by atoms with E-state index < -0.39 is 0 Å². The summed E-state index contributed by atoms with van der Waals surface area (Å²) in [6.45, 7) is 4.27.